The standard InChI is InChI=1S/C13H24O2/c1-10(9-13(3,4)5)7-6-8-11(2)12(14)15/h10H,2,6-9H2,1,3-5H3,(H,14,15). The third kappa shape index (κ3) is 8.22. The Labute approximate surface area is 93.4 Å². The first-order chi connectivity index (χ1) is 6.72. The van der Waals surface area contributed by atoms with Crippen LogP contribution >= 0.6 is 0 Å². The molecule has 0 aromatic heterocycles. The highest BCUT2D eigenvalue weighted by atomic mass is 16.4. The molecule has 0 saturated carbocycles. The zero-order valence-corrected chi connectivity index (χ0v) is 10.5. The van der Waals surface area contributed by atoms with E-state index in [1.54, 1.807) is 0 Å². The fourth-order valence-corrected chi connectivity index (χ4v) is 1.92. The van der Waals surface area contributed by atoms with Crippen LogP contribution in [0.5, 0.6) is 0 Å². The Balaban J connectivity index is 3.69. The molecule has 88 valence electrons. The van der Waals surface area contributed by atoms with Crippen molar-refractivity contribution in [2.45, 2.75) is 53.4 Å². The highest BCUT2D eigenvalue weighted by Crippen LogP contribution is 2.27. The maximum absolute atomic E-state index is 10.5. The van der Waals surface area contributed by atoms with Crippen LogP contribution in [0.4, 0.5) is 0 Å². The molecule has 0 amide bonds. The average molecular weight is 212 g/mol. The SMILES string of the molecule is C=C(CCCC(C)CC(C)(C)C)C(=O)O. The molecule has 0 radical (unpaired) electrons. The fourth-order valence-electron chi connectivity index (χ4n) is 1.92. The van der Waals surface area contributed by atoms with Gasteiger partial charge in [-0.1, -0.05) is 40.7 Å². The lowest BCUT2D eigenvalue weighted by Crippen LogP contribution is -2.11. The van der Waals surface area contributed by atoms with Crippen molar-refractivity contribution < 1.29 is 9.90 Å². The molecule has 0 aliphatic heterocycles. The number of rotatable bonds is 6. The number of carboxylic acid groups (broad SMARTS) is 1. The van der Waals surface area contributed by atoms with Gasteiger partial charge in [-0.25, -0.2) is 4.79 Å². The summed E-state index contributed by atoms with van der Waals surface area (Å²) >= 11 is 0. The van der Waals surface area contributed by atoms with Crippen LogP contribution in [0.2, 0.25) is 0 Å². The van der Waals surface area contributed by atoms with Crippen LogP contribution in [0.15, 0.2) is 12.2 Å². The van der Waals surface area contributed by atoms with E-state index in [-0.39, 0.29) is 0 Å². The molecule has 0 aliphatic carbocycles. The maximum atomic E-state index is 10.5. The van der Waals surface area contributed by atoms with Crippen LogP contribution in [0.25, 0.3) is 0 Å². The molecule has 0 aromatic rings. The van der Waals surface area contributed by atoms with E-state index in [1.165, 1.54) is 6.42 Å². The predicted octanol–water partition coefficient (Wildman–Crippen LogP) is 3.87. The lowest BCUT2D eigenvalue weighted by molar-refractivity contribution is -0.132. The van der Waals surface area contributed by atoms with Gasteiger partial charge >= 0.3 is 5.97 Å². The Morgan fingerprint density at radius 1 is 1.40 bits per heavy atom. The second kappa shape index (κ2) is 5.94. The Hall–Kier alpha value is -0.790. The van der Waals surface area contributed by atoms with E-state index in [1.807, 2.05) is 0 Å². The van der Waals surface area contributed by atoms with Gasteiger partial charge in [0.1, 0.15) is 0 Å². The topological polar surface area (TPSA) is 37.3 Å². The summed E-state index contributed by atoms with van der Waals surface area (Å²) < 4.78 is 0. The molecule has 0 saturated heterocycles. The van der Waals surface area contributed by atoms with Crippen LogP contribution < -0.4 is 0 Å². The van der Waals surface area contributed by atoms with E-state index in [9.17, 15) is 4.79 Å². The number of carboxylic acids is 1. The summed E-state index contributed by atoms with van der Waals surface area (Å²) in [6.07, 6.45) is 3.82. The molecule has 15 heavy (non-hydrogen) atoms. The highest BCUT2D eigenvalue weighted by Gasteiger charge is 2.15. The molecule has 0 rings (SSSR count). The second-order valence-electron chi connectivity index (χ2n) is 5.67. The maximum Gasteiger partial charge on any atom is 0.330 e. The van der Waals surface area contributed by atoms with Gasteiger partial charge in [-0.3, -0.25) is 0 Å². The third-order valence-electron chi connectivity index (χ3n) is 2.44. The largest absolute Gasteiger partial charge is 0.478 e. The first kappa shape index (κ1) is 14.2. The smallest absolute Gasteiger partial charge is 0.330 e. The zero-order valence-electron chi connectivity index (χ0n) is 10.5. The Kier molecular flexibility index (Phi) is 5.63. The lowest BCUT2D eigenvalue weighted by Gasteiger charge is -2.23. The van der Waals surface area contributed by atoms with Gasteiger partial charge in [0.05, 0.1) is 0 Å². The van der Waals surface area contributed by atoms with Crippen molar-refractivity contribution in [2.75, 3.05) is 0 Å². The van der Waals surface area contributed by atoms with Gasteiger partial charge in [0.25, 0.3) is 0 Å². The van der Waals surface area contributed by atoms with Crippen LogP contribution in [0, 0.1) is 11.3 Å². The van der Waals surface area contributed by atoms with E-state index < -0.39 is 5.97 Å². The second-order valence-corrected chi connectivity index (χ2v) is 5.67. The van der Waals surface area contributed by atoms with Crippen molar-refractivity contribution in [1.29, 1.82) is 0 Å². The summed E-state index contributed by atoms with van der Waals surface area (Å²) in [6.45, 7) is 12.5. The number of hydrogen-bond donors (Lipinski definition) is 1. The van der Waals surface area contributed by atoms with Gasteiger partial charge in [0.15, 0.2) is 0 Å². The minimum Gasteiger partial charge on any atom is -0.478 e. The van der Waals surface area contributed by atoms with Gasteiger partial charge in [-0.15, -0.1) is 0 Å². The summed E-state index contributed by atoms with van der Waals surface area (Å²) in [7, 11) is 0. The monoisotopic (exact) mass is 212 g/mol. The molecule has 1 unspecified atom stereocenters. The van der Waals surface area contributed by atoms with E-state index >= 15 is 0 Å². The Morgan fingerprint density at radius 2 is 1.93 bits per heavy atom. The summed E-state index contributed by atoms with van der Waals surface area (Å²) in [5.41, 5.74) is 0.696. The van der Waals surface area contributed by atoms with Gasteiger partial charge in [-0.05, 0) is 30.6 Å². The Bertz CT molecular complexity index is 223. The van der Waals surface area contributed by atoms with E-state index in [2.05, 4.69) is 34.3 Å². The predicted molar refractivity (Wildman–Crippen MR) is 63.9 cm³/mol. The molecule has 0 bridgehead atoms. The van der Waals surface area contributed by atoms with Crippen LogP contribution in [-0.2, 0) is 4.79 Å². The van der Waals surface area contributed by atoms with Gasteiger partial charge < -0.3 is 5.11 Å². The van der Waals surface area contributed by atoms with E-state index in [4.69, 9.17) is 5.11 Å². The van der Waals surface area contributed by atoms with Gasteiger partial charge in [0.2, 0.25) is 0 Å². The summed E-state index contributed by atoms with van der Waals surface area (Å²) in [5.74, 6) is -0.204. The number of aliphatic carboxylic acids is 1. The van der Waals surface area contributed by atoms with Crippen LogP contribution in [0.1, 0.15) is 53.4 Å². The molecule has 2 nitrogen and oxygen atoms in total. The summed E-state index contributed by atoms with van der Waals surface area (Å²) in [6, 6.07) is 0. The molecule has 0 aromatic carbocycles. The van der Waals surface area contributed by atoms with Crippen molar-refractivity contribution in [2.24, 2.45) is 11.3 Å². The minimum absolute atomic E-state index is 0.331. The van der Waals surface area contributed by atoms with Crippen LogP contribution in [0.3, 0.4) is 0 Å². The first-order valence-electron chi connectivity index (χ1n) is 5.63. The van der Waals surface area contributed by atoms with Gasteiger partial charge in [0, 0.05) is 5.57 Å². The molecule has 0 aliphatic rings. The molecule has 2 heteroatoms. The Morgan fingerprint density at radius 3 is 2.33 bits per heavy atom. The highest BCUT2D eigenvalue weighted by molar-refractivity contribution is 5.85. The molecule has 1 atom stereocenters. The van der Waals surface area contributed by atoms with Crippen LogP contribution in [-0.4, -0.2) is 11.1 Å². The third-order valence-corrected chi connectivity index (χ3v) is 2.44. The van der Waals surface area contributed by atoms with Crippen molar-refractivity contribution in [1.82, 2.24) is 0 Å². The van der Waals surface area contributed by atoms with Crippen molar-refractivity contribution in [3.8, 4) is 0 Å². The molecule has 1 N–H and O–H groups in total. The first-order valence-corrected chi connectivity index (χ1v) is 5.63. The molecule has 0 heterocycles. The molecular weight excluding hydrogens is 188 g/mol. The van der Waals surface area contributed by atoms with Crippen molar-refractivity contribution in [3.63, 3.8) is 0 Å². The van der Waals surface area contributed by atoms with E-state index in [0.717, 1.165) is 12.8 Å². The number of hydrogen-bond acceptors (Lipinski definition) is 1. The van der Waals surface area contributed by atoms with Crippen molar-refractivity contribution >= 4 is 5.97 Å². The lowest BCUT2D eigenvalue weighted by atomic mass is 9.83. The number of carbonyl (C=O) groups is 1. The van der Waals surface area contributed by atoms with E-state index in [0.29, 0.717) is 23.3 Å². The quantitative estimate of drug-likeness (QED) is 0.679. The van der Waals surface area contributed by atoms with Gasteiger partial charge in [-0.2, -0.15) is 0 Å². The average Bonchev–Trinajstić information content (AvgIpc) is 2.00. The van der Waals surface area contributed by atoms with Crippen molar-refractivity contribution in [3.05, 3.63) is 12.2 Å². The summed E-state index contributed by atoms with van der Waals surface area (Å²) in [4.78, 5) is 10.5. The normalized spacial score (nSPS) is 13.6. The zero-order chi connectivity index (χ0) is 12.1. The minimum atomic E-state index is -0.863. The molecule has 0 spiro atoms. The molecule has 0 fully saturated rings. The molecular formula is C13H24O2. The fraction of sp³-hybridized carbons (Fsp3) is 0.769. The summed E-state index contributed by atoms with van der Waals surface area (Å²) in [5, 5.41) is 8.63.